The summed E-state index contributed by atoms with van der Waals surface area (Å²) in [5.74, 6) is 5.67. The fourth-order valence-electron chi connectivity index (χ4n) is 7.40. The molecule has 0 aromatic rings. The van der Waals surface area contributed by atoms with Crippen molar-refractivity contribution in [2.75, 3.05) is 0 Å². The highest BCUT2D eigenvalue weighted by Crippen LogP contribution is 2.65. The van der Waals surface area contributed by atoms with E-state index in [2.05, 4.69) is 31.9 Å². The molecule has 0 radical (unpaired) electrons. The van der Waals surface area contributed by atoms with E-state index in [1.807, 2.05) is 0 Å². The smallest absolute Gasteiger partial charge is 0.133 e. The molecular weight excluding hydrogens is 308 g/mol. The van der Waals surface area contributed by atoms with E-state index >= 15 is 0 Å². The average molecular weight is 341 g/mol. The first-order chi connectivity index (χ1) is 11.7. The van der Waals surface area contributed by atoms with E-state index in [9.17, 15) is 9.90 Å². The SMILES string of the molecule is C#CC1(O)CC[C@@]2(C)C(CC[C@H]3[C@@H]4CC[C@H](C(C)=O)[C@@]4(C)C=C[C@@H]32)C1. The number of terminal acetylenes is 1. The van der Waals surface area contributed by atoms with Gasteiger partial charge in [0.2, 0.25) is 0 Å². The van der Waals surface area contributed by atoms with Crippen molar-refractivity contribution in [3.63, 3.8) is 0 Å². The minimum atomic E-state index is -0.892. The molecule has 25 heavy (non-hydrogen) atoms. The molecule has 3 fully saturated rings. The first kappa shape index (κ1) is 17.3. The van der Waals surface area contributed by atoms with Gasteiger partial charge >= 0.3 is 0 Å². The van der Waals surface area contributed by atoms with Crippen LogP contribution < -0.4 is 0 Å². The lowest BCUT2D eigenvalue weighted by atomic mass is 9.46. The Hall–Kier alpha value is -1.07. The van der Waals surface area contributed by atoms with Crippen LogP contribution in [0.1, 0.15) is 65.7 Å². The van der Waals surface area contributed by atoms with Crippen LogP contribution in [0, 0.1) is 52.8 Å². The van der Waals surface area contributed by atoms with Gasteiger partial charge in [-0.2, -0.15) is 0 Å². The van der Waals surface area contributed by atoms with Gasteiger partial charge in [0.05, 0.1) is 0 Å². The molecule has 8 atom stereocenters. The number of aliphatic hydroxyl groups is 1. The molecule has 0 saturated heterocycles. The van der Waals surface area contributed by atoms with Crippen LogP contribution in [-0.2, 0) is 4.79 Å². The normalized spacial score (nSPS) is 54.1. The number of allylic oxidation sites excluding steroid dienone is 2. The van der Waals surface area contributed by atoms with Crippen molar-refractivity contribution in [3.05, 3.63) is 12.2 Å². The van der Waals surface area contributed by atoms with Crippen molar-refractivity contribution in [3.8, 4) is 12.3 Å². The number of hydrogen-bond acceptors (Lipinski definition) is 2. The van der Waals surface area contributed by atoms with Crippen LogP contribution in [0.5, 0.6) is 0 Å². The number of rotatable bonds is 1. The van der Waals surface area contributed by atoms with Gasteiger partial charge in [0.15, 0.2) is 0 Å². The molecule has 0 heterocycles. The lowest BCUT2D eigenvalue weighted by Gasteiger charge is -2.59. The van der Waals surface area contributed by atoms with E-state index in [0.29, 0.717) is 29.5 Å². The zero-order valence-corrected chi connectivity index (χ0v) is 15.9. The summed E-state index contributed by atoms with van der Waals surface area (Å²) in [5, 5.41) is 10.6. The first-order valence-electron chi connectivity index (χ1n) is 10.1. The Morgan fingerprint density at radius 3 is 2.64 bits per heavy atom. The summed E-state index contributed by atoms with van der Waals surface area (Å²) in [6.45, 7) is 6.54. The summed E-state index contributed by atoms with van der Waals surface area (Å²) in [4.78, 5) is 12.2. The number of ketones is 1. The number of hydrogen-bond donors (Lipinski definition) is 1. The highest BCUT2D eigenvalue weighted by molar-refractivity contribution is 5.80. The van der Waals surface area contributed by atoms with Gasteiger partial charge in [-0.15, -0.1) is 6.42 Å². The summed E-state index contributed by atoms with van der Waals surface area (Å²) in [6.07, 6.45) is 17.6. The van der Waals surface area contributed by atoms with Crippen molar-refractivity contribution in [2.45, 2.75) is 71.3 Å². The molecule has 2 unspecified atom stereocenters. The zero-order chi connectivity index (χ0) is 18.0. The van der Waals surface area contributed by atoms with Crippen LogP contribution in [0.25, 0.3) is 0 Å². The van der Waals surface area contributed by atoms with Crippen LogP contribution in [0.4, 0.5) is 0 Å². The molecular formula is C23H32O2. The Kier molecular flexibility index (Phi) is 3.79. The Morgan fingerprint density at radius 2 is 1.96 bits per heavy atom. The summed E-state index contributed by atoms with van der Waals surface area (Å²) in [7, 11) is 0. The van der Waals surface area contributed by atoms with Crippen LogP contribution in [0.2, 0.25) is 0 Å². The second-order valence-corrected chi connectivity index (χ2v) is 9.92. The third-order valence-corrected chi connectivity index (χ3v) is 8.92. The topological polar surface area (TPSA) is 37.3 Å². The maximum absolute atomic E-state index is 12.2. The number of carbonyl (C=O) groups excluding carboxylic acids is 1. The predicted molar refractivity (Wildman–Crippen MR) is 99.6 cm³/mol. The Morgan fingerprint density at radius 1 is 1.20 bits per heavy atom. The molecule has 0 bridgehead atoms. The summed E-state index contributed by atoms with van der Waals surface area (Å²) >= 11 is 0. The number of fused-ring (bicyclic) bond motifs is 5. The number of carbonyl (C=O) groups is 1. The lowest BCUT2D eigenvalue weighted by molar-refractivity contribution is -0.125. The summed E-state index contributed by atoms with van der Waals surface area (Å²) < 4.78 is 0. The first-order valence-corrected chi connectivity index (χ1v) is 10.1. The molecule has 136 valence electrons. The van der Waals surface area contributed by atoms with Gasteiger partial charge in [0, 0.05) is 5.92 Å². The van der Waals surface area contributed by atoms with Crippen LogP contribution >= 0.6 is 0 Å². The van der Waals surface area contributed by atoms with Gasteiger partial charge in [-0.3, -0.25) is 4.79 Å². The zero-order valence-electron chi connectivity index (χ0n) is 15.9. The molecule has 1 N–H and O–H groups in total. The maximum Gasteiger partial charge on any atom is 0.133 e. The van der Waals surface area contributed by atoms with Crippen molar-refractivity contribution >= 4 is 5.78 Å². The Balaban J connectivity index is 1.66. The fraction of sp³-hybridized carbons (Fsp3) is 0.783. The molecule has 4 aliphatic carbocycles. The van der Waals surface area contributed by atoms with Crippen molar-refractivity contribution in [1.29, 1.82) is 0 Å². The van der Waals surface area contributed by atoms with Gasteiger partial charge in [-0.05, 0) is 86.4 Å². The molecule has 0 amide bonds. The van der Waals surface area contributed by atoms with Crippen molar-refractivity contribution < 1.29 is 9.90 Å². The van der Waals surface area contributed by atoms with E-state index in [1.54, 1.807) is 6.92 Å². The van der Waals surface area contributed by atoms with Gasteiger partial charge in [0.25, 0.3) is 0 Å². The van der Waals surface area contributed by atoms with Crippen molar-refractivity contribution in [2.24, 2.45) is 40.4 Å². The van der Waals surface area contributed by atoms with Gasteiger partial charge < -0.3 is 5.11 Å². The molecule has 4 rings (SSSR count). The van der Waals surface area contributed by atoms with E-state index in [-0.39, 0.29) is 16.7 Å². The third-order valence-electron chi connectivity index (χ3n) is 8.92. The van der Waals surface area contributed by atoms with E-state index in [1.165, 1.54) is 19.3 Å². The molecule has 2 nitrogen and oxygen atoms in total. The van der Waals surface area contributed by atoms with E-state index < -0.39 is 5.60 Å². The molecule has 0 aliphatic heterocycles. The maximum atomic E-state index is 12.2. The van der Waals surface area contributed by atoms with Crippen LogP contribution in [-0.4, -0.2) is 16.5 Å². The minimum Gasteiger partial charge on any atom is -0.378 e. The molecule has 0 spiro atoms. The number of Topliss-reactive ketones (excluding diaryl/α,β-unsaturated/α-hetero) is 1. The highest BCUT2D eigenvalue weighted by atomic mass is 16.3. The highest BCUT2D eigenvalue weighted by Gasteiger charge is 2.60. The summed E-state index contributed by atoms with van der Waals surface area (Å²) in [5.41, 5.74) is -0.584. The minimum absolute atomic E-state index is 0.0599. The second-order valence-electron chi connectivity index (χ2n) is 9.92. The van der Waals surface area contributed by atoms with Crippen molar-refractivity contribution in [1.82, 2.24) is 0 Å². The fourth-order valence-corrected chi connectivity index (χ4v) is 7.40. The predicted octanol–water partition coefficient (Wildman–Crippen LogP) is 4.37. The molecule has 3 saturated carbocycles. The third kappa shape index (κ3) is 2.31. The Bertz CT molecular complexity index is 657. The molecule has 2 heteroatoms. The standard InChI is InChI=1S/C23H32O2/c1-5-23(25)13-12-21(3)16(14-23)6-7-17-19-9-8-18(15(2)24)22(19,4)11-10-20(17)21/h1,10-11,16-20,25H,6-9,12-14H2,2-4H3/t16?,17-,18+,19-,20-,21-,22+,23?/m0/s1. The largest absolute Gasteiger partial charge is 0.378 e. The van der Waals surface area contributed by atoms with E-state index in [4.69, 9.17) is 6.42 Å². The molecule has 0 aromatic heterocycles. The lowest BCUT2D eigenvalue weighted by Crippen LogP contribution is -2.54. The van der Waals surface area contributed by atoms with Gasteiger partial charge in [0.1, 0.15) is 11.4 Å². The van der Waals surface area contributed by atoms with Gasteiger partial charge in [-0.25, -0.2) is 0 Å². The quantitative estimate of drug-likeness (QED) is 0.568. The second kappa shape index (κ2) is 5.46. The average Bonchev–Trinajstić information content (AvgIpc) is 2.93. The van der Waals surface area contributed by atoms with Crippen LogP contribution in [0.15, 0.2) is 12.2 Å². The molecule has 4 aliphatic rings. The van der Waals surface area contributed by atoms with E-state index in [0.717, 1.165) is 25.7 Å². The Labute approximate surface area is 152 Å². The monoisotopic (exact) mass is 340 g/mol. The van der Waals surface area contributed by atoms with Gasteiger partial charge in [-0.1, -0.05) is 31.9 Å². The molecule has 0 aromatic carbocycles. The van der Waals surface area contributed by atoms with Crippen LogP contribution in [0.3, 0.4) is 0 Å². The summed E-state index contributed by atoms with van der Waals surface area (Å²) in [6, 6.07) is 0.